The number of carbonyl (C=O) groups excluding carboxylic acids is 1. The van der Waals surface area contributed by atoms with Crippen LogP contribution in [0.2, 0.25) is 0 Å². The topological polar surface area (TPSA) is 41.1 Å². The van der Waals surface area contributed by atoms with Crippen molar-refractivity contribution in [2.75, 3.05) is 0 Å². The van der Waals surface area contributed by atoms with Crippen LogP contribution in [0, 0.1) is 23.7 Å². The van der Waals surface area contributed by atoms with Crippen molar-refractivity contribution in [2.24, 2.45) is 23.7 Å². The molecule has 21 heavy (non-hydrogen) atoms. The third-order valence-electron chi connectivity index (χ3n) is 6.40. The van der Waals surface area contributed by atoms with E-state index in [1.165, 1.54) is 64.2 Å². The highest BCUT2D eigenvalue weighted by molar-refractivity contribution is 5.75. The molecular formula is C18H28N2O. The number of rotatable bonds is 3. The fraction of sp³-hybridized carbons (Fsp3) is 0.833. The van der Waals surface area contributed by atoms with E-state index in [9.17, 15) is 4.79 Å². The Morgan fingerprint density at radius 2 is 1.52 bits per heavy atom. The van der Waals surface area contributed by atoms with Crippen molar-refractivity contribution in [2.45, 2.75) is 69.7 Å². The molecule has 0 saturated heterocycles. The van der Waals surface area contributed by atoms with Crippen molar-refractivity contribution in [1.29, 1.82) is 0 Å². The molecule has 2 N–H and O–H groups in total. The van der Waals surface area contributed by atoms with Gasteiger partial charge in [0.25, 0.3) is 0 Å². The Hall–Kier alpha value is -0.990. The summed E-state index contributed by atoms with van der Waals surface area (Å²) >= 11 is 0. The van der Waals surface area contributed by atoms with Crippen LogP contribution in [0.5, 0.6) is 0 Å². The lowest BCUT2D eigenvalue weighted by Crippen LogP contribution is -2.61. The van der Waals surface area contributed by atoms with E-state index < -0.39 is 0 Å². The highest BCUT2D eigenvalue weighted by Gasteiger charge is 2.51. The van der Waals surface area contributed by atoms with Crippen LogP contribution in [0.3, 0.4) is 0 Å². The summed E-state index contributed by atoms with van der Waals surface area (Å²) in [5.41, 5.74) is 0.125. The maximum atomic E-state index is 12.2. The van der Waals surface area contributed by atoms with Gasteiger partial charge in [0.1, 0.15) is 0 Å². The van der Waals surface area contributed by atoms with Crippen molar-refractivity contribution in [3.63, 3.8) is 0 Å². The van der Waals surface area contributed by atoms with Crippen LogP contribution in [0.4, 0.5) is 4.79 Å². The first-order chi connectivity index (χ1) is 10.2. The van der Waals surface area contributed by atoms with Crippen molar-refractivity contribution in [3.05, 3.63) is 12.3 Å². The zero-order valence-electron chi connectivity index (χ0n) is 12.9. The molecule has 5 saturated carbocycles. The Morgan fingerprint density at radius 1 is 0.952 bits per heavy atom. The lowest BCUT2D eigenvalue weighted by atomic mass is 9.53. The predicted octanol–water partition coefficient (Wildman–Crippen LogP) is 3.96. The predicted molar refractivity (Wildman–Crippen MR) is 83.7 cm³/mol. The number of hydrogen-bond donors (Lipinski definition) is 2. The molecule has 0 heterocycles. The molecule has 3 heteroatoms. The fourth-order valence-corrected chi connectivity index (χ4v) is 5.95. The Morgan fingerprint density at radius 3 is 2.10 bits per heavy atom. The van der Waals surface area contributed by atoms with Crippen LogP contribution < -0.4 is 10.6 Å². The first-order valence-corrected chi connectivity index (χ1v) is 8.96. The maximum Gasteiger partial charge on any atom is 0.319 e. The zero-order chi connectivity index (χ0) is 14.3. The molecule has 0 unspecified atom stereocenters. The first kappa shape index (κ1) is 13.7. The van der Waals surface area contributed by atoms with Gasteiger partial charge in [0.2, 0.25) is 0 Å². The van der Waals surface area contributed by atoms with Gasteiger partial charge < -0.3 is 10.6 Å². The Balaban J connectivity index is 1.32. The summed E-state index contributed by atoms with van der Waals surface area (Å²) in [6.45, 7) is 0. The van der Waals surface area contributed by atoms with E-state index in [0.717, 1.165) is 17.8 Å². The van der Waals surface area contributed by atoms with E-state index in [-0.39, 0.29) is 11.6 Å². The average molecular weight is 288 g/mol. The lowest BCUT2D eigenvalue weighted by Gasteiger charge is -2.56. The van der Waals surface area contributed by atoms with Crippen molar-refractivity contribution >= 4 is 6.03 Å². The van der Waals surface area contributed by atoms with Crippen molar-refractivity contribution in [3.8, 4) is 0 Å². The minimum Gasteiger partial charge on any atom is -0.332 e. The molecule has 4 bridgehead atoms. The second-order valence-electron chi connectivity index (χ2n) is 8.20. The summed E-state index contributed by atoms with van der Waals surface area (Å²) in [5.74, 6) is 3.33. The summed E-state index contributed by atoms with van der Waals surface area (Å²) in [6, 6.07) is 0.0196. The van der Waals surface area contributed by atoms with Gasteiger partial charge in [-0.3, -0.25) is 0 Å². The highest BCUT2D eigenvalue weighted by atomic mass is 16.2. The van der Waals surface area contributed by atoms with Crippen molar-refractivity contribution < 1.29 is 4.79 Å². The second kappa shape index (κ2) is 5.33. The molecule has 3 nitrogen and oxygen atoms in total. The maximum absolute atomic E-state index is 12.2. The molecule has 2 amide bonds. The van der Waals surface area contributed by atoms with Crippen LogP contribution in [-0.2, 0) is 0 Å². The van der Waals surface area contributed by atoms with Gasteiger partial charge in [0.15, 0.2) is 0 Å². The molecule has 5 aliphatic carbocycles. The van der Waals surface area contributed by atoms with Gasteiger partial charge in [-0.2, -0.15) is 0 Å². The van der Waals surface area contributed by atoms with E-state index in [2.05, 4.69) is 16.7 Å². The molecular weight excluding hydrogens is 260 g/mol. The van der Waals surface area contributed by atoms with Crippen LogP contribution in [0.15, 0.2) is 12.3 Å². The normalized spacial score (nSPS) is 41.8. The molecule has 0 aliphatic heterocycles. The van der Waals surface area contributed by atoms with Crippen molar-refractivity contribution in [1.82, 2.24) is 10.6 Å². The van der Waals surface area contributed by atoms with Crippen LogP contribution >= 0.6 is 0 Å². The van der Waals surface area contributed by atoms with E-state index in [4.69, 9.17) is 0 Å². The van der Waals surface area contributed by atoms with E-state index in [1.807, 2.05) is 6.20 Å². The van der Waals surface area contributed by atoms with Gasteiger partial charge in [0.05, 0.1) is 0 Å². The van der Waals surface area contributed by atoms with Crippen LogP contribution in [-0.4, -0.2) is 11.6 Å². The molecule has 5 aliphatic rings. The minimum atomic E-state index is 0.0196. The zero-order valence-corrected chi connectivity index (χ0v) is 12.9. The summed E-state index contributed by atoms with van der Waals surface area (Å²) < 4.78 is 0. The summed E-state index contributed by atoms with van der Waals surface area (Å²) in [7, 11) is 0. The number of carbonyl (C=O) groups is 1. The third-order valence-corrected chi connectivity index (χ3v) is 6.40. The molecule has 116 valence electrons. The average Bonchev–Trinajstić information content (AvgIpc) is 2.89. The Labute approximate surface area is 127 Å². The molecule has 0 radical (unpaired) electrons. The largest absolute Gasteiger partial charge is 0.332 e. The molecule has 5 rings (SSSR count). The van der Waals surface area contributed by atoms with E-state index in [1.54, 1.807) is 0 Å². The van der Waals surface area contributed by atoms with Gasteiger partial charge >= 0.3 is 6.03 Å². The molecule has 0 aromatic rings. The van der Waals surface area contributed by atoms with Gasteiger partial charge in [-0.1, -0.05) is 18.9 Å². The third kappa shape index (κ3) is 2.84. The number of allylic oxidation sites excluding steroid dienone is 1. The number of nitrogens with one attached hydrogen (secondary N) is 2. The summed E-state index contributed by atoms with van der Waals surface area (Å²) in [5, 5.41) is 6.30. The van der Waals surface area contributed by atoms with E-state index >= 15 is 0 Å². The number of amides is 2. The lowest BCUT2D eigenvalue weighted by molar-refractivity contribution is -0.0133. The molecule has 0 spiro atoms. The molecule has 0 aromatic heterocycles. The molecule has 0 aromatic carbocycles. The molecule has 5 fully saturated rings. The molecule has 0 atom stereocenters. The number of urea groups is 1. The smallest absolute Gasteiger partial charge is 0.319 e. The highest BCUT2D eigenvalue weighted by Crippen LogP contribution is 2.55. The van der Waals surface area contributed by atoms with E-state index in [0.29, 0.717) is 5.92 Å². The SMILES string of the molecule is O=C(N/C=C/C1CCCC1)NC12CC3CC(CC(C3)C1)C2. The van der Waals surface area contributed by atoms with Gasteiger partial charge in [-0.15, -0.1) is 0 Å². The quantitative estimate of drug-likeness (QED) is 0.811. The van der Waals surface area contributed by atoms with Gasteiger partial charge in [-0.25, -0.2) is 4.79 Å². The van der Waals surface area contributed by atoms with Crippen LogP contribution in [0.25, 0.3) is 0 Å². The van der Waals surface area contributed by atoms with Crippen LogP contribution in [0.1, 0.15) is 64.2 Å². The summed E-state index contributed by atoms with van der Waals surface area (Å²) in [4.78, 5) is 12.2. The Kier molecular flexibility index (Phi) is 3.47. The number of hydrogen-bond acceptors (Lipinski definition) is 1. The monoisotopic (exact) mass is 288 g/mol. The fourth-order valence-electron chi connectivity index (χ4n) is 5.95. The second-order valence-corrected chi connectivity index (χ2v) is 8.20. The Bertz CT molecular complexity index is 401. The first-order valence-electron chi connectivity index (χ1n) is 8.96. The van der Waals surface area contributed by atoms with Gasteiger partial charge in [0, 0.05) is 11.7 Å². The van der Waals surface area contributed by atoms with Gasteiger partial charge in [-0.05, 0) is 75.0 Å². The summed E-state index contributed by atoms with van der Waals surface area (Å²) in [6.07, 6.45) is 17.2. The standard InChI is InChI=1S/C18H28N2O/c21-17(19-6-5-13-3-1-2-4-13)20-18-10-14-7-15(11-18)9-16(8-14)12-18/h5-6,13-16H,1-4,7-12H2,(H2,19,20,21)/b6-5+. The minimum absolute atomic E-state index is 0.0196.